The minimum absolute atomic E-state index is 0. The van der Waals surface area contributed by atoms with Gasteiger partial charge in [0.05, 0.1) is 0 Å². The quantitative estimate of drug-likeness (QED) is 0.660. The molecule has 2 aliphatic heterocycles. The van der Waals surface area contributed by atoms with E-state index in [9.17, 15) is 4.79 Å². The lowest BCUT2D eigenvalue weighted by molar-refractivity contribution is -0.140. The van der Waals surface area contributed by atoms with E-state index < -0.39 is 0 Å². The van der Waals surface area contributed by atoms with Crippen molar-refractivity contribution in [2.45, 2.75) is 11.4 Å². The molecule has 2 atom stereocenters. The van der Waals surface area contributed by atoms with E-state index in [-0.39, 0.29) is 29.7 Å². The molecule has 1 fully saturated rings. The molecule has 5 heteroatoms. The van der Waals surface area contributed by atoms with Crippen molar-refractivity contribution >= 4 is 30.1 Å². The van der Waals surface area contributed by atoms with Crippen LogP contribution in [0.4, 0.5) is 0 Å². The van der Waals surface area contributed by atoms with Gasteiger partial charge in [0.25, 0.3) is 0 Å². The molecule has 72 valence electrons. The fourth-order valence-electron chi connectivity index (χ4n) is 1.34. The number of hydrogen-bond donors (Lipinski definition) is 1. The highest BCUT2D eigenvalue weighted by molar-refractivity contribution is 8.00. The average Bonchev–Trinajstić information content (AvgIpc) is 2.15. The van der Waals surface area contributed by atoms with E-state index in [1.807, 2.05) is 6.20 Å². The number of carbonyl (C=O) groups excluding carboxylic acids is 1. The molecule has 2 aliphatic rings. The smallest absolute Gasteiger partial charge is 0.247 e. The van der Waals surface area contributed by atoms with Crippen molar-refractivity contribution in [3.8, 4) is 0 Å². The second kappa shape index (κ2) is 3.74. The number of allylic oxidation sites excluding steroid dienone is 1. The maximum atomic E-state index is 11.2. The van der Waals surface area contributed by atoms with Gasteiger partial charge in [0.1, 0.15) is 11.4 Å². The molecule has 0 radical (unpaired) electrons. The van der Waals surface area contributed by atoms with Gasteiger partial charge in [-0.05, 0) is 5.57 Å². The van der Waals surface area contributed by atoms with Crippen LogP contribution in [-0.2, 0) is 4.79 Å². The molecule has 0 aliphatic carbocycles. The maximum Gasteiger partial charge on any atom is 0.247 e. The Morgan fingerprint density at radius 1 is 1.77 bits per heavy atom. The molecule has 0 aromatic rings. The van der Waals surface area contributed by atoms with Crippen LogP contribution in [0, 0.1) is 0 Å². The lowest BCUT2D eigenvalue weighted by atomic mass is 10.1. The van der Waals surface area contributed by atoms with E-state index in [2.05, 4.69) is 6.58 Å². The number of rotatable bonds is 1. The third-order valence-electron chi connectivity index (χ3n) is 2.11. The number of amides is 1. The van der Waals surface area contributed by atoms with Gasteiger partial charge in [0.2, 0.25) is 5.91 Å². The van der Waals surface area contributed by atoms with E-state index in [1.165, 1.54) is 0 Å². The van der Waals surface area contributed by atoms with Gasteiger partial charge in [-0.25, -0.2) is 0 Å². The third-order valence-corrected chi connectivity index (χ3v) is 3.47. The lowest BCUT2D eigenvalue weighted by Gasteiger charge is -2.45. The van der Waals surface area contributed by atoms with Gasteiger partial charge in [-0.1, -0.05) is 12.7 Å². The average molecular weight is 219 g/mol. The van der Waals surface area contributed by atoms with Gasteiger partial charge in [-0.3, -0.25) is 4.79 Å². The molecule has 0 aromatic carbocycles. The summed E-state index contributed by atoms with van der Waals surface area (Å²) < 4.78 is 0. The fourth-order valence-corrected chi connectivity index (χ4v) is 2.55. The zero-order valence-corrected chi connectivity index (χ0v) is 8.61. The number of fused-ring (bicyclic) bond motifs is 1. The van der Waals surface area contributed by atoms with E-state index >= 15 is 0 Å². The highest BCUT2D eigenvalue weighted by Crippen LogP contribution is 2.34. The van der Waals surface area contributed by atoms with E-state index in [4.69, 9.17) is 5.73 Å². The highest BCUT2D eigenvalue weighted by atomic mass is 35.5. The first-order valence-electron chi connectivity index (χ1n) is 3.76. The number of hydrogen-bond acceptors (Lipinski definition) is 3. The first kappa shape index (κ1) is 10.6. The second-order valence-electron chi connectivity index (χ2n) is 2.88. The number of β-lactam (4-membered cyclic amide) rings is 1. The first-order chi connectivity index (χ1) is 5.74. The molecule has 2 heterocycles. The molecule has 0 spiro atoms. The molecule has 13 heavy (non-hydrogen) atoms. The maximum absolute atomic E-state index is 11.2. The standard InChI is InChI=1S/C8H10N2OS.ClH/c1-2-5-3-10-7(11)6(9)8(10)12-4-5;/h2-3,6,8H,1,4,9H2;1H/t6?,8-;/m0./s1. The van der Waals surface area contributed by atoms with Crippen molar-refractivity contribution < 1.29 is 4.79 Å². The molecule has 2 N–H and O–H groups in total. The van der Waals surface area contributed by atoms with Gasteiger partial charge in [-0.2, -0.15) is 0 Å². The summed E-state index contributed by atoms with van der Waals surface area (Å²) in [5, 5.41) is 0.168. The lowest BCUT2D eigenvalue weighted by Crippen LogP contribution is -2.65. The summed E-state index contributed by atoms with van der Waals surface area (Å²) in [5.74, 6) is 0.928. The van der Waals surface area contributed by atoms with Crippen LogP contribution in [0.15, 0.2) is 24.4 Å². The Bertz CT molecular complexity index is 279. The van der Waals surface area contributed by atoms with Crippen LogP contribution in [0.3, 0.4) is 0 Å². The van der Waals surface area contributed by atoms with Crippen molar-refractivity contribution in [2.75, 3.05) is 5.75 Å². The molecule has 0 saturated carbocycles. The molecule has 2 rings (SSSR count). The van der Waals surface area contributed by atoms with Gasteiger partial charge in [-0.15, -0.1) is 24.2 Å². The molecule has 0 aromatic heterocycles. The summed E-state index contributed by atoms with van der Waals surface area (Å²) in [4.78, 5) is 12.9. The first-order valence-corrected chi connectivity index (χ1v) is 4.81. The fraction of sp³-hybridized carbons (Fsp3) is 0.375. The third kappa shape index (κ3) is 1.49. The monoisotopic (exact) mass is 218 g/mol. The Labute approximate surface area is 87.4 Å². The van der Waals surface area contributed by atoms with Crippen molar-refractivity contribution in [3.63, 3.8) is 0 Å². The van der Waals surface area contributed by atoms with Gasteiger partial charge < -0.3 is 10.6 Å². The van der Waals surface area contributed by atoms with Crippen LogP contribution < -0.4 is 5.73 Å². The Balaban J connectivity index is 0.000000845. The molecular weight excluding hydrogens is 208 g/mol. The summed E-state index contributed by atoms with van der Waals surface area (Å²) in [6, 6.07) is -0.294. The largest absolute Gasteiger partial charge is 0.317 e. The zero-order valence-electron chi connectivity index (χ0n) is 6.97. The van der Waals surface area contributed by atoms with E-state index in [0.717, 1.165) is 11.3 Å². The van der Waals surface area contributed by atoms with Crippen molar-refractivity contribution in [3.05, 3.63) is 24.4 Å². The summed E-state index contributed by atoms with van der Waals surface area (Å²) in [5.41, 5.74) is 6.69. The van der Waals surface area contributed by atoms with Gasteiger partial charge >= 0.3 is 0 Å². The summed E-state index contributed by atoms with van der Waals surface area (Å²) in [7, 11) is 0. The number of thioether (sulfide) groups is 1. The van der Waals surface area contributed by atoms with Crippen LogP contribution in [0.2, 0.25) is 0 Å². The summed E-state index contributed by atoms with van der Waals surface area (Å²) >= 11 is 1.70. The molecule has 1 unspecified atom stereocenters. The molecular formula is C8H11ClN2OS. The zero-order chi connectivity index (χ0) is 8.72. The number of nitrogens with two attached hydrogens (primary N) is 1. The van der Waals surface area contributed by atoms with Crippen LogP contribution in [0.1, 0.15) is 0 Å². The highest BCUT2D eigenvalue weighted by Gasteiger charge is 2.45. The predicted molar refractivity (Wildman–Crippen MR) is 56.6 cm³/mol. The topological polar surface area (TPSA) is 46.3 Å². The normalized spacial score (nSPS) is 31.0. The van der Waals surface area contributed by atoms with E-state index in [0.29, 0.717) is 0 Å². The Morgan fingerprint density at radius 2 is 2.46 bits per heavy atom. The minimum atomic E-state index is -0.294. The SMILES string of the molecule is C=CC1=CN2C(=O)C(N)[C@@H]2SC1.Cl. The molecule has 3 nitrogen and oxygen atoms in total. The van der Waals surface area contributed by atoms with Gasteiger partial charge in [0.15, 0.2) is 0 Å². The van der Waals surface area contributed by atoms with Crippen LogP contribution in [-0.4, -0.2) is 28.0 Å². The number of carbonyl (C=O) groups is 1. The molecule has 0 bridgehead atoms. The van der Waals surface area contributed by atoms with Gasteiger partial charge in [0, 0.05) is 12.0 Å². The molecule has 1 saturated heterocycles. The Kier molecular flexibility index (Phi) is 3.05. The van der Waals surface area contributed by atoms with Crippen LogP contribution in [0.5, 0.6) is 0 Å². The minimum Gasteiger partial charge on any atom is -0.317 e. The van der Waals surface area contributed by atoms with Crippen molar-refractivity contribution in [1.82, 2.24) is 4.90 Å². The van der Waals surface area contributed by atoms with Crippen LogP contribution >= 0.6 is 24.2 Å². The summed E-state index contributed by atoms with van der Waals surface area (Å²) in [6.45, 7) is 3.66. The second-order valence-corrected chi connectivity index (χ2v) is 3.99. The van der Waals surface area contributed by atoms with Crippen LogP contribution in [0.25, 0.3) is 0 Å². The predicted octanol–water partition coefficient (Wildman–Crippen LogP) is 0.721. The Morgan fingerprint density at radius 3 is 3.08 bits per heavy atom. The summed E-state index contributed by atoms with van der Waals surface area (Å²) in [6.07, 6.45) is 3.63. The Hall–Kier alpha value is -0.450. The van der Waals surface area contributed by atoms with E-state index in [1.54, 1.807) is 22.7 Å². The number of halogens is 1. The van der Waals surface area contributed by atoms with Crippen molar-refractivity contribution in [1.29, 1.82) is 0 Å². The molecule has 1 amide bonds. The number of nitrogens with zero attached hydrogens (tertiary/aromatic N) is 1. The van der Waals surface area contributed by atoms with Crippen molar-refractivity contribution in [2.24, 2.45) is 5.73 Å².